The lowest BCUT2D eigenvalue weighted by Crippen LogP contribution is -2.17. The number of fused-ring (bicyclic) bond motifs is 13. The van der Waals surface area contributed by atoms with Crippen LogP contribution in [0.3, 0.4) is 0 Å². The third kappa shape index (κ3) is 2.83. The molecule has 0 unspecified atom stereocenters. The summed E-state index contributed by atoms with van der Waals surface area (Å²) in [5.41, 5.74) is 16.7. The van der Waals surface area contributed by atoms with E-state index < -0.39 is 0 Å². The predicted molar refractivity (Wildman–Crippen MR) is 184 cm³/mol. The van der Waals surface area contributed by atoms with E-state index in [0.717, 1.165) is 24.0 Å². The van der Waals surface area contributed by atoms with Gasteiger partial charge < -0.3 is 8.98 Å². The summed E-state index contributed by atoms with van der Waals surface area (Å²) in [7, 11) is 0. The molecule has 0 bridgehead atoms. The Hall–Kier alpha value is -4.82. The van der Waals surface area contributed by atoms with Gasteiger partial charge in [-0.2, -0.15) is 0 Å². The van der Waals surface area contributed by atoms with Crippen molar-refractivity contribution in [1.82, 2.24) is 4.57 Å². The van der Waals surface area contributed by atoms with Gasteiger partial charge in [-0.25, -0.2) is 0 Å². The molecular weight excluding hydrogens is 534 g/mol. The smallest absolute Gasteiger partial charge is 0.143 e. The first-order chi connectivity index (χ1) is 21.4. The zero-order valence-electron chi connectivity index (χ0n) is 25.6. The van der Waals surface area contributed by atoms with Gasteiger partial charge in [-0.1, -0.05) is 101 Å². The maximum absolute atomic E-state index is 6.70. The molecule has 10 rings (SSSR count). The Morgan fingerprint density at radius 2 is 1.43 bits per heavy atom. The lowest BCUT2D eigenvalue weighted by atomic mass is 9.80. The second-order valence-electron chi connectivity index (χ2n) is 14.0. The van der Waals surface area contributed by atoms with Gasteiger partial charge in [0.25, 0.3) is 0 Å². The van der Waals surface area contributed by atoms with Gasteiger partial charge in [-0.3, -0.25) is 0 Å². The van der Waals surface area contributed by atoms with E-state index in [1.54, 1.807) is 0 Å². The molecule has 0 atom stereocenters. The van der Waals surface area contributed by atoms with Crippen LogP contribution in [0.5, 0.6) is 0 Å². The molecule has 3 aliphatic rings. The second kappa shape index (κ2) is 8.01. The van der Waals surface area contributed by atoms with Crippen molar-refractivity contribution in [3.05, 3.63) is 131 Å². The molecule has 7 aromatic rings. The lowest BCUT2D eigenvalue weighted by molar-refractivity contribution is 0.651. The van der Waals surface area contributed by atoms with Crippen LogP contribution in [0.4, 0.5) is 0 Å². The van der Waals surface area contributed by atoms with Crippen molar-refractivity contribution in [2.24, 2.45) is 0 Å². The third-order valence-electron chi connectivity index (χ3n) is 11.1. The Balaban J connectivity index is 1.30. The van der Waals surface area contributed by atoms with E-state index in [1.165, 1.54) is 82.8 Å². The second-order valence-corrected chi connectivity index (χ2v) is 14.0. The summed E-state index contributed by atoms with van der Waals surface area (Å²) in [6.45, 7) is 9.51. The summed E-state index contributed by atoms with van der Waals surface area (Å²) >= 11 is 0. The minimum Gasteiger partial charge on any atom is -0.455 e. The van der Waals surface area contributed by atoms with Crippen LogP contribution in [-0.2, 0) is 10.8 Å². The average molecular weight is 568 g/mol. The van der Waals surface area contributed by atoms with Gasteiger partial charge in [0.2, 0.25) is 0 Å². The van der Waals surface area contributed by atoms with Crippen molar-refractivity contribution in [1.29, 1.82) is 0 Å². The third-order valence-corrected chi connectivity index (χ3v) is 11.1. The summed E-state index contributed by atoms with van der Waals surface area (Å²) in [4.78, 5) is 0. The summed E-state index contributed by atoms with van der Waals surface area (Å²) < 4.78 is 9.20. The molecule has 0 spiro atoms. The van der Waals surface area contributed by atoms with E-state index >= 15 is 0 Å². The molecule has 5 aromatic carbocycles. The van der Waals surface area contributed by atoms with Crippen molar-refractivity contribution in [2.45, 2.75) is 51.4 Å². The zero-order valence-corrected chi connectivity index (χ0v) is 25.6. The number of nitrogens with zero attached hydrogens (tertiary/aromatic N) is 1. The number of benzene rings is 5. The Bertz CT molecular complexity index is 2490. The summed E-state index contributed by atoms with van der Waals surface area (Å²) in [6, 6.07) is 33.9. The molecule has 3 aliphatic carbocycles. The van der Waals surface area contributed by atoms with E-state index in [9.17, 15) is 0 Å². The zero-order chi connectivity index (χ0) is 29.5. The average Bonchev–Trinajstić information content (AvgIpc) is 3.72. The minimum atomic E-state index is -0.134. The van der Waals surface area contributed by atoms with Crippen molar-refractivity contribution in [2.75, 3.05) is 0 Å². The van der Waals surface area contributed by atoms with Gasteiger partial charge in [0.05, 0.1) is 11.0 Å². The Morgan fingerprint density at radius 3 is 2.32 bits per heavy atom. The Morgan fingerprint density at radius 1 is 0.659 bits per heavy atom. The first-order valence-corrected chi connectivity index (χ1v) is 15.9. The van der Waals surface area contributed by atoms with Gasteiger partial charge in [0.1, 0.15) is 11.2 Å². The topological polar surface area (TPSA) is 18.1 Å². The highest BCUT2D eigenvalue weighted by Gasteiger charge is 2.40. The number of allylic oxidation sites excluding steroid dienone is 4. The molecule has 0 fully saturated rings. The molecule has 2 aromatic heterocycles. The number of para-hydroxylation sites is 2. The van der Waals surface area contributed by atoms with Crippen molar-refractivity contribution in [3.8, 4) is 16.8 Å². The van der Waals surface area contributed by atoms with E-state index in [2.05, 4.69) is 135 Å². The molecule has 0 amide bonds. The standard InChI is InChI=1S/C42H33NO/c1-41(2)30-14-8-5-11-25(30)26-18-17-24(23-33(26)41)43-34-15-9-6-13-29(34)37-35(43)22-21-31-38(37)39-32(42(31,3)4)20-19-28-27-12-7-10-16-36(27)44-40(28)39/h6-10,12-23H,5,11H2,1-4H3. The van der Waals surface area contributed by atoms with Crippen LogP contribution in [0.25, 0.3) is 66.1 Å². The van der Waals surface area contributed by atoms with Gasteiger partial charge in [-0.05, 0) is 82.1 Å². The van der Waals surface area contributed by atoms with Gasteiger partial charge in [0, 0.05) is 43.6 Å². The van der Waals surface area contributed by atoms with Crippen LogP contribution in [-0.4, -0.2) is 4.57 Å². The van der Waals surface area contributed by atoms with Crippen LogP contribution in [0.15, 0.2) is 113 Å². The monoisotopic (exact) mass is 567 g/mol. The first kappa shape index (κ1) is 24.6. The van der Waals surface area contributed by atoms with Crippen LogP contribution in [0.2, 0.25) is 0 Å². The van der Waals surface area contributed by atoms with Crippen LogP contribution >= 0.6 is 0 Å². The highest BCUT2D eigenvalue weighted by Crippen LogP contribution is 2.56. The molecule has 0 N–H and O–H groups in total. The van der Waals surface area contributed by atoms with Crippen LogP contribution < -0.4 is 0 Å². The summed E-state index contributed by atoms with van der Waals surface area (Å²) in [5.74, 6) is 0. The van der Waals surface area contributed by atoms with E-state index in [-0.39, 0.29) is 10.8 Å². The number of hydrogen-bond acceptors (Lipinski definition) is 1. The molecule has 0 radical (unpaired) electrons. The molecule has 0 aliphatic heterocycles. The predicted octanol–water partition coefficient (Wildman–Crippen LogP) is 11.4. The molecule has 2 heterocycles. The first-order valence-electron chi connectivity index (χ1n) is 15.9. The fraction of sp³-hybridized carbons (Fsp3) is 0.190. The Kier molecular flexibility index (Phi) is 4.48. The number of rotatable bonds is 1. The van der Waals surface area contributed by atoms with Gasteiger partial charge in [0.15, 0.2) is 0 Å². The highest BCUT2D eigenvalue weighted by molar-refractivity contribution is 6.22. The van der Waals surface area contributed by atoms with Crippen molar-refractivity contribution >= 4 is 49.3 Å². The molecule has 0 saturated carbocycles. The number of aromatic nitrogens is 1. The quantitative estimate of drug-likeness (QED) is 0.193. The molecule has 44 heavy (non-hydrogen) atoms. The van der Waals surface area contributed by atoms with Crippen LogP contribution in [0, 0.1) is 0 Å². The SMILES string of the molecule is CC1(C)C2=C(CCC=C2)c2ccc(-n3c4ccccc4c4c5c(ccc43)C(C)(C)c3ccc4c(oc6ccccc64)c3-5)cc21. The summed E-state index contributed by atoms with van der Waals surface area (Å²) in [5, 5.41) is 4.97. The maximum Gasteiger partial charge on any atom is 0.143 e. The molecule has 212 valence electrons. The van der Waals surface area contributed by atoms with E-state index in [1.807, 2.05) is 0 Å². The molecule has 2 heteroatoms. The van der Waals surface area contributed by atoms with Gasteiger partial charge in [-0.15, -0.1) is 0 Å². The molecular formula is C42H33NO. The number of hydrogen-bond donors (Lipinski definition) is 0. The Labute approximate surface area is 256 Å². The number of furan rings is 1. The minimum absolute atomic E-state index is 0.00648. The maximum atomic E-state index is 6.70. The van der Waals surface area contributed by atoms with Crippen molar-refractivity contribution < 1.29 is 4.42 Å². The fourth-order valence-electron chi connectivity index (χ4n) is 8.95. The fourth-order valence-corrected chi connectivity index (χ4v) is 8.95. The highest BCUT2D eigenvalue weighted by atomic mass is 16.3. The molecule has 2 nitrogen and oxygen atoms in total. The van der Waals surface area contributed by atoms with Crippen molar-refractivity contribution in [3.63, 3.8) is 0 Å². The largest absolute Gasteiger partial charge is 0.455 e. The van der Waals surface area contributed by atoms with E-state index in [0.29, 0.717) is 0 Å². The van der Waals surface area contributed by atoms with E-state index in [4.69, 9.17) is 4.42 Å². The van der Waals surface area contributed by atoms with Crippen LogP contribution in [0.1, 0.15) is 62.8 Å². The summed E-state index contributed by atoms with van der Waals surface area (Å²) in [6.07, 6.45) is 6.98. The van der Waals surface area contributed by atoms with Gasteiger partial charge >= 0.3 is 0 Å². The molecule has 0 saturated heterocycles. The normalized spacial score (nSPS) is 17.5. The lowest BCUT2D eigenvalue weighted by Gasteiger charge is -2.24.